The largest absolute Gasteiger partial charge is 0.497 e. The van der Waals surface area contributed by atoms with E-state index in [1.807, 2.05) is 68.3 Å². The number of hydrogen-bond donors (Lipinski definition) is 0. The number of carbonyl (C=O) groups is 1. The molecule has 0 saturated carbocycles. The van der Waals surface area contributed by atoms with Crippen LogP contribution in [0.25, 0.3) is 11.1 Å². The number of likely N-dealkylation sites (tertiary alicyclic amines) is 1. The van der Waals surface area contributed by atoms with E-state index in [1.165, 1.54) is 0 Å². The van der Waals surface area contributed by atoms with Gasteiger partial charge in [0.25, 0.3) is 0 Å². The van der Waals surface area contributed by atoms with Crippen LogP contribution in [0.5, 0.6) is 17.2 Å². The normalized spacial score (nSPS) is 15.4. The zero-order valence-corrected chi connectivity index (χ0v) is 22.4. The highest BCUT2D eigenvalue weighted by molar-refractivity contribution is 5.72. The average Bonchev–Trinajstić information content (AvgIpc) is 3.36. The molecule has 1 amide bonds. The van der Waals surface area contributed by atoms with Crippen molar-refractivity contribution in [3.8, 4) is 28.4 Å². The standard InChI is InChI=1S/C30H37N3O4/c1-6-32(21-24-10-8-18-33(24)29(34)37-30(2,3)4)27-16-11-22(23-9-7-17-31-20-23)19-28(27)36-26-14-12-25(35-5)13-15-26/h7,9,11-17,19-20,24H,6,8,10,18,21H2,1-5H3/t24-/m0/s1. The van der Waals surface area contributed by atoms with Gasteiger partial charge in [-0.1, -0.05) is 12.1 Å². The van der Waals surface area contributed by atoms with E-state index >= 15 is 0 Å². The number of carbonyl (C=O) groups excluding carboxylic acids is 1. The molecule has 0 radical (unpaired) electrons. The summed E-state index contributed by atoms with van der Waals surface area (Å²) in [4.78, 5) is 21.3. The van der Waals surface area contributed by atoms with Gasteiger partial charge in [0.1, 0.15) is 17.1 Å². The van der Waals surface area contributed by atoms with Gasteiger partial charge in [0.2, 0.25) is 0 Å². The number of pyridine rings is 1. The Hall–Kier alpha value is -3.74. The van der Waals surface area contributed by atoms with Gasteiger partial charge >= 0.3 is 6.09 Å². The van der Waals surface area contributed by atoms with E-state index in [4.69, 9.17) is 14.2 Å². The topological polar surface area (TPSA) is 64.1 Å². The molecule has 0 unspecified atom stereocenters. The van der Waals surface area contributed by atoms with Gasteiger partial charge < -0.3 is 24.0 Å². The molecule has 2 heterocycles. The van der Waals surface area contributed by atoms with Crippen LogP contribution in [0.1, 0.15) is 40.5 Å². The summed E-state index contributed by atoms with van der Waals surface area (Å²) in [6.45, 7) is 10.0. The first-order valence-electron chi connectivity index (χ1n) is 12.9. The SMILES string of the molecule is CCN(C[C@@H]1CCCN1C(=O)OC(C)(C)C)c1ccc(-c2cccnc2)cc1Oc1ccc(OC)cc1. The highest BCUT2D eigenvalue weighted by Crippen LogP contribution is 2.37. The van der Waals surface area contributed by atoms with Crippen molar-refractivity contribution in [2.24, 2.45) is 0 Å². The predicted octanol–water partition coefficient (Wildman–Crippen LogP) is 6.78. The molecule has 3 aromatic rings. The van der Waals surface area contributed by atoms with Crippen LogP contribution in [0.15, 0.2) is 67.0 Å². The van der Waals surface area contributed by atoms with Crippen molar-refractivity contribution in [3.63, 3.8) is 0 Å². The van der Waals surface area contributed by atoms with Gasteiger partial charge in [-0.15, -0.1) is 0 Å². The number of amides is 1. The zero-order valence-electron chi connectivity index (χ0n) is 22.4. The minimum absolute atomic E-state index is 0.0710. The third kappa shape index (κ3) is 6.73. The number of aromatic nitrogens is 1. The van der Waals surface area contributed by atoms with E-state index in [1.54, 1.807) is 13.3 Å². The van der Waals surface area contributed by atoms with Crippen molar-refractivity contribution < 1.29 is 19.0 Å². The summed E-state index contributed by atoms with van der Waals surface area (Å²) in [5.41, 5.74) is 2.49. The van der Waals surface area contributed by atoms with Crippen LogP contribution in [-0.2, 0) is 4.74 Å². The number of benzene rings is 2. The van der Waals surface area contributed by atoms with Gasteiger partial charge in [-0.25, -0.2) is 4.79 Å². The summed E-state index contributed by atoms with van der Waals surface area (Å²) in [7, 11) is 1.65. The van der Waals surface area contributed by atoms with Crippen molar-refractivity contribution in [1.82, 2.24) is 9.88 Å². The van der Waals surface area contributed by atoms with Crippen LogP contribution in [-0.4, -0.2) is 54.4 Å². The van der Waals surface area contributed by atoms with Crippen LogP contribution >= 0.6 is 0 Å². The van der Waals surface area contributed by atoms with E-state index in [0.29, 0.717) is 13.1 Å². The first-order chi connectivity index (χ1) is 17.8. The molecule has 7 nitrogen and oxygen atoms in total. The van der Waals surface area contributed by atoms with Gasteiger partial charge in [-0.3, -0.25) is 4.98 Å². The first-order valence-corrected chi connectivity index (χ1v) is 12.9. The lowest BCUT2D eigenvalue weighted by atomic mass is 10.1. The fraction of sp³-hybridized carbons (Fsp3) is 0.400. The van der Waals surface area contributed by atoms with Crippen molar-refractivity contribution in [2.75, 3.05) is 31.6 Å². The van der Waals surface area contributed by atoms with E-state index in [-0.39, 0.29) is 12.1 Å². The molecule has 2 aromatic carbocycles. The zero-order chi connectivity index (χ0) is 26.4. The molecule has 1 atom stereocenters. The van der Waals surface area contributed by atoms with Crippen molar-refractivity contribution in [3.05, 3.63) is 67.0 Å². The van der Waals surface area contributed by atoms with Crippen molar-refractivity contribution in [2.45, 2.75) is 52.2 Å². The third-order valence-corrected chi connectivity index (χ3v) is 6.40. The minimum atomic E-state index is -0.518. The second-order valence-corrected chi connectivity index (χ2v) is 10.2. The molecule has 1 saturated heterocycles. The number of anilines is 1. The van der Waals surface area contributed by atoms with Crippen LogP contribution in [0.3, 0.4) is 0 Å². The Bertz CT molecular complexity index is 1180. The number of hydrogen-bond acceptors (Lipinski definition) is 6. The van der Waals surface area contributed by atoms with Crippen molar-refractivity contribution in [1.29, 1.82) is 0 Å². The molecule has 0 spiro atoms. The second kappa shape index (κ2) is 11.5. The van der Waals surface area contributed by atoms with Crippen LogP contribution < -0.4 is 14.4 Å². The maximum atomic E-state index is 12.9. The summed E-state index contributed by atoms with van der Waals surface area (Å²) in [6.07, 6.45) is 5.28. The first kappa shape index (κ1) is 26.3. The summed E-state index contributed by atoms with van der Waals surface area (Å²) < 4.78 is 17.4. The molecule has 1 fully saturated rings. The Morgan fingerprint density at radius 3 is 2.49 bits per heavy atom. The molecule has 7 heteroatoms. The monoisotopic (exact) mass is 503 g/mol. The lowest BCUT2D eigenvalue weighted by Gasteiger charge is -2.33. The highest BCUT2D eigenvalue weighted by Gasteiger charge is 2.33. The van der Waals surface area contributed by atoms with E-state index in [9.17, 15) is 4.79 Å². The van der Waals surface area contributed by atoms with Crippen LogP contribution in [0.4, 0.5) is 10.5 Å². The molecular formula is C30H37N3O4. The minimum Gasteiger partial charge on any atom is -0.497 e. The van der Waals surface area contributed by atoms with Gasteiger partial charge in [-0.05, 0) is 88.6 Å². The Labute approximate surface area is 220 Å². The fourth-order valence-corrected chi connectivity index (χ4v) is 4.58. The lowest BCUT2D eigenvalue weighted by Crippen LogP contribution is -2.45. The molecule has 1 aliphatic rings. The van der Waals surface area contributed by atoms with E-state index in [2.05, 4.69) is 35.0 Å². The maximum absolute atomic E-state index is 12.9. The molecule has 37 heavy (non-hydrogen) atoms. The molecule has 0 N–H and O–H groups in total. The molecule has 1 aliphatic heterocycles. The molecule has 1 aromatic heterocycles. The molecule has 0 bridgehead atoms. The average molecular weight is 504 g/mol. The number of methoxy groups -OCH3 is 1. The second-order valence-electron chi connectivity index (χ2n) is 10.2. The smallest absolute Gasteiger partial charge is 0.410 e. The Balaban J connectivity index is 1.63. The fourth-order valence-electron chi connectivity index (χ4n) is 4.58. The van der Waals surface area contributed by atoms with Crippen LogP contribution in [0, 0.1) is 0 Å². The summed E-state index contributed by atoms with van der Waals surface area (Å²) >= 11 is 0. The quantitative estimate of drug-likeness (QED) is 0.338. The molecule has 196 valence electrons. The Morgan fingerprint density at radius 1 is 1.08 bits per heavy atom. The molecular weight excluding hydrogens is 466 g/mol. The van der Waals surface area contributed by atoms with Gasteiger partial charge in [0.05, 0.1) is 18.8 Å². The predicted molar refractivity (Wildman–Crippen MR) is 147 cm³/mol. The van der Waals surface area contributed by atoms with E-state index < -0.39 is 5.60 Å². The summed E-state index contributed by atoms with van der Waals surface area (Å²) in [6, 6.07) is 17.8. The Morgan fingerprint density at radius 2 is 1.84 bits per heavy atom. The number of likely N-dealkylation sites (N-methyl/N-ethyl adjacent to an activating group) is 1. The molecule has 4 rings (SSSR count). The van der Waals surface area contributed by atoms with Crippen LogP contribution in [0.2, 0.25) is 0 Å². The third-order valence-electron chi connectivity index (χ3n) is 6.40. The lowest BCUT2D eigenvalue weighted by molar-refractivity contribution is 0.0231. The Kier molecular flexibility index (Phi) is 8.21. The number of nitrogens with zero attached hydrogens (tertiary/aromatic N) is 3. The van der Waals surface area contributed by atoms with E-state index in [0.717, 1.165) is 53.4 Å². The number of ether oxygens (including phenoxy) is 3. The van der Waals surface area contributed by atoms with Gasteiger partial charge in [0.15, 0.2) is 5.75 Å². The molecule has 0 aliphatic carbocycles. The van der Waals surface area contributed by atoms with Crippen molar-refractivity contribution >= 4 is 11.8 Å². The summed E-state index contributed by atoms with van der Waals surface area (Å²) in [5, 5.41) is 0. The summed E-state index contributed by atoms with van der Waals surface area (Å²) in [5.74, 6) is 2.24. The maximum Gasteiger partial charge on any atom is 0.410 e. The van der Waals surface area contributed by atoms with Gasteiger partial charge in [0, 0.05) is 37.6 Å². The number of rotatable bonds is 8. The van der Waals surface area contributed by atoms with Gasteiger partial charge in [-0.2, -0.15) is 0 Å². The highest BCUT2D eigenvalue weighted by atomic mass is 16.6.